The lowest BCUT2D eigenvalue weighted by Crippen LogP contribution is -2.14. The lowest BCUT2D eigenvalue weighted by atomic mass is 10.2. The summed E-state index contributed by atoms with van der Waals surface area (Å²) in [6, 6.07) is 0. The van der Waals surface area contributed by atoms with E-state index in [2.05, 4.69) is 60.6 Å². The van der Waals surface area contributed by atoms with E-state index >= 15 is 0 Å². The van der Waals surface area contributed by atoms with Crippen LogP contribution in [0.1, 0.15) is 31.3 Å². The zero-order chi connectivity index (χ0) is 13.8. The van der Waals surface area contributed by atoms with Crippen LogP contribution in [0.2, 0.25) is 0 Å². The zero-order valence-electron chi connectivity index (χ0n) is 11.1. The molecule has 0 amide bonds. The highest BCUT2D eigenvalue weighted by atomic mass is 79.9. The van der Waals surface area contributed by atoms with E-state index in [1.165, 1.54) is 0 Å². The second-order valence-corrected chi connectivity index (χ2v) is 5.28. The Kier molecular flexibility index (Phi) is 4.41. The van der Waals surface area contributed by atoms with Gasteiger partial charge in [0.1, 0.15) is 18.0 Å². The molecular weight excluding hydrogens is 310 g/mol. The lowest BCUT2D eigenvalue weighted by molar-refractivity contribution is 0.607. The van der Waals surface area contributed by atoms with E-state index in [1.54, 1.807) is 11.0 Å². The number of hydrogen-bond acceptors (Lipinski definition) is 6. The maximum absolute atomic E-state index is 4.52. The molecule has 102 valence electrons. The zero-order valence-corrected chi connectivity index (χ0v) is 12.7. The Labute approximate surface area is 120 Å². The number of anilines is 1. The molecule has 1 N–H and O–H groups in total. The summed E-state index contributed by atoms with van der Waals surface area (Å²) in [5.74, 6) is 1.95. The van der Waals surface area contributed by atoms with E-state index in [-0.39, 0.29) is 0 Å². The Morgan fingerprint density at radius 3 is 2.79 bits per heavy atom. The van der Waals surface area contributed by atoms with Crippen molar-refractivity contribution >= 4 is 21.7 Å². The van der Waals surface area contributed by atoms with Crippen LogP contribution in [0.15, 0.2) is 10.8 Å². The minimum absolute atomic E-state index is 0.298. The highest BCUT2D eigenvalue weighted by Gasteiger charge is 2.11. The van der Waals surface area contributed by atoms with E-state index in [0.717, 1.165) is 21.8 Å². The van der Waals surface area contributed by atoms with Gasteiger partial charge >= 0.3 is 0 Å². The second-order valence-electron chi connectivity index (χ2n) is 4.48. The van der Waals surface area contributed by atoms with Crippen molar-refractivity contribution < 1.29 is 0 Å². The molecule has 0 atom stereocenters. The van der Waals surface area contributed by atoms with Gasteiger partial charge < -0.3 is 5.32 Å². The fourth-order valence-electron chi connectivity index (χ4n) is 1.53. The third-order valence-corrected chi connectivity index (χ3v) is 3.52. The molecule has 0 aliphatic carbocycles. The average Bonchev–Trinajstić information content (AvgIpc) is 2.87. The molecule has 7 nitrogen and oxygen atoms in total. The van der Waals surface area contributed by atoms with Crippen molar-refractivity contribution in [3.8, 4) is 0 Å². The van der Waals surface area contributed by atoms with Gasteiger partial charge in [0.2, 0.25) is 0 Å². The molecule has 0 aromatic carbocycles. The van der Waals surface area contributed by atoms with Crippen molar-refractivity contribution in [2.45, 2.75) is 33.2 Å². The molecular formula is C11H16BrN7. The van der Waals surface area contributed by atoms with Crippen LogP contribution in [0, 0.1) is 6.92 Å². The normalized spacial score (nSPS) is 11.0. The van der Waals surface area contributed by atoms with Crippen molar-refractivity contribution in [3.05, 3.63) is 22.3 Å². The van der Waals surface area contributed by atoms with Gasteiger partial charge in [0, 0.05) is 12.5 Å². The van der Waals surface area contributed by atoms with Crippen LogP contribution >= 0.6 is 15.9 Å². The predicted octanol–water partition coefficient (Wildman–Crippen LogP) is 1.77. The summed E-state index contributed by atoms with van der Waals surface area (Å²) in [6.45, 7) is 7.49. The molecule has 0 spiro atoms. The molecule has 19 heavy (non-hydrogen) atoms. The summed E-state index contributed by atoms with van der Waals surface area (Å²) < 4.78 is 2.56. The molecule has 2 aromatic heterocycles. The maximum Gasteiger partial charge on any atom is 0.144 e. The summed E-state index contributed by atoms with van der Waals surface area (Å²) >= 11 is 3.51. The molecule has 2 heterocycles. The number of nitrogens with one attached hydrogen (secondary N) is 1. The number of rotatable bonds is 5. The van der Waals surface area contributed by atoms with Crippen LogP contribution < -0.4 is 5.32 Å². The number of hydrogen-bond donors (Lipinski definition) is 1. The quantitative estimate of drug-likeness (QED) is 0.902. The molecule has 0 aliphatic rings. The number of aryl methyl sites for hydroxylation is 1. The van der Waals surface area contributed by atoms with E-state index in [0.29, 0.717) is 19.0 Å². The van der Waals surface area contributed by atoms with E-state index in [4.69, 9.17) is 0 Å². The minimum Gasteiger partial charge on any atom is -0.367 e. The van der Waals surface area contributed by atoms with Crippen molar-refractivity contribution in [1.29, 1.82) is 0 Å². The second kappa shape index (κ2) is 6.05. The molecule has 0 saturated carbocycles. The predicted molar refractivity (Wildman–Crippen MR) is 74.9 cm³/mol. The number of halogens is 1. The van der Waals surface area contributed by atoms with Gasteiger partial charge in [0.05, 0.1) is 16.7 Å². The topological polar surface area (TPSA) is 81.4 Å². The Balaban J connectivity index is 2.06. The molecule has 2 rings (SSSR count). The third-order valence-electron chi connectivity index (χ3n) is 2.58. The van der Waals surface area contributed by atoms with Gasteiger partial charge in [-0.2, -0.15) is 0 Å². The summed E-state index contributed by atoms with van der Waals surface area (Å²) in [4.78, 5) is 8.98. The van der Waals surface area contributed by atoms with Crippen LogP contribution in [0.3, 0.4) is 0 Å². The maximum atomic E-state index is 4.52. The molecule has 0 fully saturated rings. The first-order valence-corrected chi connectivity index (χ1v) is 6.86. The molecule has 0 radical (unpaired) electrons. The van der Waals surface area contributed by atoms with Crippen molar-refractivity contribution in [1.82, 2.24) is 30.2 Å². The van der Waals surface area contributed by atoms with Gasteiger partial charge in [0.15, 0.2) is 0 Å². The fraction of sp³-hybridized carbons (Fsp3) is 0.545. The summed E-state index contributed by atoms with van der Waals surface area (Å²) in [7, 11) is 0. The fourth-order valence-corrected chi connectivity index (χ4v) is 1.85. The summed E-state index contributed by atoms with van der Waals surface area (Å²) in [5, 5.41) is 14.3. The third kappa shape index (κ3) is 3.46. The van der Waals surface area contributed by atoms with Crippen LogP contribution in [0.25, 0.3) is 0 Å². The van der Waals surface area contributed by atoms with Crippen LogP contribution in [0.4, 0.5) is 5.82 Å². The average molecular weight is 326 g/mol. The van der Waals surface area contributed by atoms with Crippen molar-refractivity contribution in [2.24, 2.45) is 0 Å². The minimum atomic E-state index is 0.298. The SMILES string of the molecule is Cc1nc(C(C)C)nc(NCCn2cnnn2)c1Br. The Morgan fingerprint density at radius 2 is 2.16 bits per heavy atom. The van der Waals surface area contributed by atoms with Crippen LogP contribution in [-0.4, -0.2) is 36.7 Å². The Bertz CT molecular complexity index is 538. The standard InChI is InChI=1S/C11H16BrN7/c1-7(2)10-15-8(3)9(12)11(16-10)13-4-5-19-6-14-17-18-19/h6-7H,4-5H2,1-3H3,(H,13,15,16). The molecule has 0 bridgehead atoms. The Hall–Kier alpha value is -1.57. The first-order chi connectivity index (χ1) is 9.08. The van der Waals surface area contributed by atoms with Crippen molar-refractivity contribution in [3.63, 3.8) is 0 Å². The molecule has 2 aromatic rings. The largest absolute Gasteiger partial charge is 0.367 e. The Morgan fingerprint density at radius 1 is 1.37 bits per heavy atom. The van der Waals surface area contributed by atoms with Crippen molar-refractivity contribution in [2.75, 3.05) is 11.9 Å². The summed E-state index contributed by atoms with van der Waals surface area (Å²) in [5.41, 5.74) is 0.934. The molecule has 8 heteroatoms. The van der Waals surface area contributed by atoms with Gasteiger partial charge in [-0.05, 0) is 33.3 Å². The van der Waals surface area contributed by atoms with Gasteiger partial charge in [-0.1, -0.05) is 13.8 Å². The highest BCUT2D eigenvalue weighted by molar-refractivity contribution is 9.10. The van der Waals surface area contributed by atoms with E-state index in [1.807, 2.05) is 6.92 Å². The summed E-state index contributed by atoms with van der Waals surface area (Å²) in [6.07, 6.45) is 1.58. The molecule has 0 saturated heterocycles. The number of tetrazole rings is 1. The van der Waals surface area contributed by atoms with E-state index in [9.17, 15) is 0 Å². The first-order valence-electron chi connectivity index (χ1n) is 6.06. The highest BCUT2D eigenvalue weighted by Crippen LogP contribution is 2.24. The number of nitrogens with zero attached hydrogens (tertiary/aromatic N) is 6. The molecule has 0 unspecified atom stereocenters. The lowest BCUT2D eigenvalue weighted by Gasteiger charge is -2.12. The van der Waals surface area contributed by atoms with Gasteiger partial charge in [-0.3, -0.25) is 0 Å². The van der Waals surface area contributed by atoms with Gasteiger partial charge in [-0.15, -0.1) is 5.10 Å². The molecule has 0 aliphatic heterocycles. The first kappa shape index (κ1) is 13.9. The smallest absolute Gasteiger partial charge is 0.144 e. The van der Waals surface area contributed by atoms with Crippen LogP contribution in [-0.2, 0) is 6.54 Å². The number of aromatic nitrogens is 6. The van der Waals surface area contributed by atoms with Gasteiger partial charge in [0.25, 0.3) is 0 Å². The monoisotopic (exact) mass is 325 g/mol. The van der Waals surface area contributed by atoms with E-state index < -0.39 is 0 Å². The van der Waals surface area contributed by atoms with Crippen LogP contribution in [0.5, 0.6) is 0 Å². The van der Waals surface area contributed by atoms with Gasteiger partial charge in [-0.25, -0.2) is 14.6 Å².